The Balaban J connectivity index is 2.36. The van der Waals surface area contributed by atoms with Crippen LogP contribution in [0.4, 0.5) is 17.2 Å². The third kappa shape index (κ3) is 4.18. The van der Waals surface area contributed by atoms with Gasteiger partial charge in [-0.3, -0.25) is 5.10 Å². The zero-order chi connectivity index (χ0) is 22.0. The lowest BCUT2D eigenvalue weighted by Crippen LogP contribution is -2.32. The lowest BCUT2D eigenvalue weighted by molar-refractivity contribution is 0.235. The van der Waals surface area contributed by atoms with Crippen molar-refractivity contribution >= 4 is 28.2 Å². The number of para-hydroxylation sites is 2. The molecule has 1 aromatic carbocycles. The van der Waals surface area contributed by atoms with Gasteiger partial charge in [-0.2, -0.15) is 10.1 Å². The number of aromatic amines is 1. The summed E-state index contributed by atoms with van der Waals surface area (Å²) in [5.74, 6) is 1.01. The molecule has 0 spiro atoms. The molecule has 0 aliphatic rings. The van der Waals surface area contributed by atoms with Crippen molar-refractivity contribution in [1.29, 1.82) is 0 Å². The fourth-order valence-corrected chi connectivity index (χ4v) is 3.42. The second-order valence-corrected chi connectivity index (χ2v) is 8.55. The van der Waals surface area contributed by atoms with Gasteiger partial charge in [0.15, 0.2) is 11.3 Å². The number of nitrogen functional groups attached to an aromatic ring is 1. The van der Waals surface area contributed by atoms with Gasteiger partial charge in [0.05, 0.1) is 35.2 Å². The molecule has 0 radical (unpaired) electrons. The lowest BCUT2D eigenvalue weighted by Gasteiger charge is -2.19. The molecule has 0 saturated carbocycles. The van der Waals surface area contributed by atoms with Gasteiger partial charge in [0.2, 0.25) is 5.62 Å². The third-order valence-electron chi connectivity index (χ3n) is 5.21. The first-order chi connectivity index (χ1) is 14.2. The largest absolute Gasteiger partial charge is 0.397 e. The van der Waals surface area contributed by atoms with Gasteiger partial charge in [0.25, 0.3) is 0 Å². The van der Waals surface area contributed by atoms with Crippen LogP contribution in [0.2, 0.25) is 0 Å². The van der Waals surface area contributed by atoms with Gasteiger partial charge in [0.1, 0.15) is 0 Å². The molecule has 8 heteroatoms. The molecule has 5 N–H and O–H groups in total. The number of fused-ring (bicyclic) bond motifs is 1. The van der Waals surface area contributed by atoms with E-state index in [9.17, 15) is 5.11 Å². The second-order valence-electron chi connectivity index (χ2n) is 8.55. The predicted octanol–water partition coefficient (Wildman–Crippen LogP) is 3.71. The maximum absolute atomic E-state index is 9.86. The Kier molecular flexibility index (Phi) is 6.45. The number of benzene rings is 1. The lowest BCUT2D eigenvalue weighted by atomic mass is 10.1. The van der Waals surface area contributed by atoms with Crippen LogP contribution < -0.4 is 16.7 Å². The summed E-state index contributed by atoms with van der Waals surface area (Å²) < 4.78 is 2.10. The summed E-state index contributed by atoms with van der Waals surface area (Å²) in [5, 5.41) is 21.0. The van der Waals surface area contributed by atoms with Crippen LogP contribution in [0.5, 0.6) is 0 Å². The van der Waals surface area contributed by atoms with Crippen molar-refractivity contribution in [1.82, 2.24) is 19.7 Å². The summed E-state index contributed by atoms with van der Waals surface area (Å²) >= 11 is 0. The molecule has 0 bridgehead atoms. The summed E-state index contributed by atoms with van der Waals surface area (Å²) in [7, 11) is 0. The fraction of sp³-hybridized carbons (Fsp3) is 0.500. The highest BCUT2D eigenvalue weighted by molar-refractivity contribution is 5.90. The number of hydrogen-bond acceptors (Lipinski definition) is 6. The van der Waals surface area contributed by atoms with E-state index in [0.717, 1.165) is 22.4 Å². The predicted molar refractivity (Wildman–Crippen MR) is 122 cm³/mol. The van der Waals surface area contributed by atoms with Gasteiger partial charge in [-0.15, -0.1) is 0 Å². The highest BCUT2D eigenvalue weighted by atomic mass is 16.3. The Morgan fingerprint density at radius 2 is 1.87 bits per heavy atom. The number of nitrogens with one attached hydrogen (secondary N) is 2. The number of nitrogens with two attached hydrogens (primary N) is 1. The summed E-state index contributed by atoms with van der Waals surface area (Å²) in [6, 6.07) is 7.42. The van der Waals surface area contributed by atoms with E-state index < -0.39 is 0 Å². The minimum atomic E-state index is -0.246. The zero-order valence-corrected chi connectivity index (χ0v) is 18.6. The number of aliphatic hydroxyl groups is 1. The van der Waals surface area contributed by atoms with E-state index in [1.807, 2.05) is 38.1 Å². The topological polar surface area (TPSA) is 117 Å². The molecule has 3 aromatic rings. The Bertz CT molecular complexity index is 1080. The van der Waals surface area contributed by atoms with E-state index in [1.54, 1.807) is 0 Å². The molecule has 2 aromatic heterocycles. The van der Waals surface area contributed by atoms with Crippen molar-refractivity contribution in [2.45, 2.75) is 59.5 Å². The van der Waals surface area contributed by atoms with Gasteiger partial charge in [-0.25, -0.2) is 4.99 Å². The Hall–Kier alpha value is -2.87. The van der Waals surface area contributed by atoms with Gasteiger partial charge >= 0.3 is 0 Å². The second kappa shape index (κ2) is 8.87. The maximum Gasteiger partial charge on any atom is 0.228 e. The number of H-pyrrole nitrogens is 1. The molecule has 0 fully saturated rings. The Morgan fingerprint density at radius 1 is 1.17 bits per heavy atom. The first kappa shape index (κ1) is 21.8. The Morgan fingerprint density at radius 3 is 2.43 bits per heavy atom. The molecule has 0 amide bonds. The molecule has 8 nitrogen and oxygen atoms in total. The molecule has 162 valence electrons. The van der Waals surface area contributed by atoms with Gasteiger partial charge < -0.3 is 20.7 Å². The molecule has 0 aliphatic heterocycles. The molecule has 1 atom stereocenters. The van der Waals surface area contributed by atoms with E-state index in [0.29, 0.717) is 17.1 Å². The van der Waals surface area contributed by atoms with Crippen molar-refractivity contribution in [2.75, 3.05) is 17.7 Å². The number of nitrogens with zero attached hydrogens (tertiary/aromatic N) is 4. The molecule has 1 unspecified atom stereocenters. The first-order valence-corrected chi connectivity index (χ1v) is 10.5. The van der Waals surface area contributed by atoms with E-state index in [2.05, 4.69) is 47.8 Å². The standard InChI is InChI=1S/C22H33N7O/c1-12(2)17(11-30)25-22-26-21(24-16-10-8-7-9-15(16)23)19-20(29(22)14(5)6)18(13(3)4)27-28-19/h7-10,12-14,17,30H,11,23H2,1-6H3,(H,27,28)(H,24,25,26). The monoisotopic (exact) mass is 411 g/mol. The number of rotatable bonds is 7. The van der Waals surface area contributed by atoms with Crippen LogP contribution in [0.15, 0.2) is 29.3 Å². The fourth-order valence-electron chi connectivity index (χ4n) is 3.42. The van der Waals surface area contributed by atoms with Crippen molar-refractivity contribution in [3.05, 3.63) is 35.6 Å². The molecule has 0 aliphatic carbocycles. The van der Waals surface area contributed by atoms with Crippen LogP contribution in [0, 0.1) is 5.92 Å². The van der Waals surface area contributed by atoms with E-state index in [-0.39, 0.29) is 30.5 Å². The smallest absolute Gasteiger partial charge is 0.228 e. The van der Waals surface area contributed by atoms with Gasteiger partial charge in [0, 0.05) is 6.04 Å². The average Bonchev–Trinajstić information content (AvgIpc) is 3.12. The van der Waals surface area contributed by atoms with Crippen molar-refractivity contribution in [2.24, 2.45) is 10.9 Å². The summed E-state index contributed by atoms with van der Waals surface area (Å²) in [5.41, 5.74) is 10.8. The minimum absolute atomic E-state index is 0.0354. The number of aliphatic hydroxyl groups excluding tert-OH is 1. The number of anilines is 3. The van der Waals surface area contributed by atoms with Crippen LogP contribution in [-0.4, -0.2) is 37.5 Å². The van der Waals surface area contributed by atoms with E-state index in [1.165, 1.54) is 0 Å². The van der Waals surface area contributed by atoms with Crippen LogP contribution in [0.1, 0.15) is 59.2 Å². The maximum atomic E-state index is 9.86. The van der Waals surface area contributed by atoms with Crippen LogP contribution >= 0.6 is 0 Å². The van der Waals surface area contributed by atoms with E-state index >= 15 is 0 Å². The van der Waals surface area contributed by atoms with Gasteiger partial charge in [-0.1, -0.05) is 39.8 Å². The third-order valence-corrected chi connectivity index (χ3v) is 5.21. The summed E-state index contributed by atoms with van der Waals surface area (Å²) in [6.07, 6.45) is 0. The summed E-state index contributed by atoms with van der Waals surface area (Å²) in [4.78, 5) is 9.68. The van der Waals surface area contributed by atoms with Crippen LogP contribution in [0.25, 0.3) is 11.0 Å². The first-order valence-electron chi connectivity index (χ1n) is 10.5. The number of aromatic nitrogens is 4. The Labute approximate surface area is 177 Å². The minimum Gasteiger partial charge on any atom is -0.397 e. The molecule has 0 saturated heterocycles. The molecule has 3 rings (SSSR count). The van der Waals surface area contributed by atoms with Crippen molar-refractivity contribution in [3.63, 3.8) is 0 Å². The van der Waals surface area contributed by atoms with E-state index in [4.69, 9.17) is 15.7 Å². The average molecular weight is 412 g/mol. The van der Waals surface area contributed by atoms with Gasteiger partial charge in [-0.05, 0) is 37.8 Å². The highest BCUT2D eigenvalue weighted by Gasteiger charge is 2.21. The van der Waals surface area contributed by atoms with Crippen LogP contribution in [-0.2, 0) is 0 Å². The number of hydrogen-bond donors (Lipinski definition) is 4. The van der Waals surface area contributed by atoms with Crippen molar-refractivity contribution in [3.8, 4) is 0 Å². The normalized spacial score (nSPS) is 13.7. The molecule has 30 heavy (non-hydrogen) atoms. The molecular formula is C22H33N7O. The highest BCUT2D eigenvalue weighted by Crippen LogP contribution is 2.30. The summed E-state index contributed by atoms with van der Waals surface area (Å²) in [6.45, 7) is 12.5. The quantitative estimate of drug-likeness (QED) is 0.442. The van der Waals surface area contributed by atoms with Crippen LogP contribution in [0.3, 0.4) is 0 Å². The molecular weight excluding hydrogens is 378 g/mol. The molecule has 2 heterocycles. The SMILES string of the molecule is CC(C)c1[nH]nc2c(Nc3ccccc3N)nc(=NC(CO)C(C)C)n(C(C)C)c12. The zero-order valence-electron chi connectivity index (χ0n) is 18.6. The van der Waals surface area contributed by atoms with Crippen molar-refractivity contribution < 1.29 is 5.11 Å².